The molecule has 57 heavy (non-hydrogen) atoms. The Hall–Kier alpha value is -4.14. The van der Waals surface area contributed by atoms with E-state index in [1.165, 1.54) is 22.9 Å². The molecule has 12 nitrogen and oxygen atoms in total. The largest absolute Gasteiger partial charge is 0.489 e. The van der Waals surface area contributed by atoms with Gasteiger partial charge in [-0.05, 0) is 164 Å². The second-order valence-corrected chi connectivity index (χ2v) is 18.7. The number of aryl methyl sites for hydroxylation is 2. The van der Waals surface area contributed by atoms with Gasteiger partial charge in [-0.2, -0.15) is 4.98 Å². The van der Waals surface area contributed by atoms with Gasteiger partial charge in [-0.25, -0.2) is 13.4 Å². The highest BCUT2D eigenvalue weighted by Gasteiger charge is 2.25. The van der Waals surface area contributed by atoms with Gasteiger partial charge in [-0.3, -0.25) is 0 Å². The van der Waals surface area contributed by atoms with Gasteiger partial charge in [-0.1, -0.05) is 23.7 Å². The number of benzene rings is 3. The number of rotatable bonds is 12. The van der Waals surface area contributed by atoms with Gasteiger partial charge in [0.2, 0.25) is 11.7 Å². The highest BCUT2D eigenvalue weighted by Crippen LogP contribution is 2.39. The highest BCUT2D eigenvalue weighted by molar-refractivity contribution is 7.92. The van der Waals surface area contributed by atoms with Crippen molar-refractivity contribution in [1.82, 2.24) is 20.6 Å². The second-order valence-electron chi connectivity index (χ2n) is 15.8. The molecule has 2 aliphatic rings. The standard InChI is InChI=1S/C28H36ClN5O4S.C15H24N2O/c1-17(2)39(36,37)25-9-7-6-8-22(25)32-26-21(29)16-31-27(34-26)33-23-14-18(3)20(19-10-12-30-13-11-19)15-24(23)38-28(4,5)35;1-10(2)18-15-9-13(11(3)8-14(15)16)12-4-6-17-7-5-12/h6-9,14-17,19,30,35H,10-13H2,1-5H3,(H2,31,32,33,34);8-10,12,17H,4-7,16H2,1-3H3/i;10D. The first-order chi connectivity index (χ1) is 27.2. The van der Waals surface area contributed by atoms with Crippen LogP contribution in [0.1, 0.15) is 103 Å². The maximum Gasteiger partial charge on any atom is 0.229 e. The zero-order valence-electron chi connectivity index (χ0n) is 35.4. The van der Waals surface area contributed by atoms with Gasteiger partial charge in [0.25, 0.3) is 0 Å². The van der Waals surface area contributed by atoms with E-state index in [1.807, 2.05) is 24.3 Å². The highest BCUT2D eigenvalue weighted by atomic mass is 35.5. The Morgan fingerprint density at radius 3 is 2.02 bits per heavy atom. The summed E-state index contributed by atoms with van der Waals surface area (Å²) in [6, 6.07) is 14.6. The lowest BCUT2D eigenvalue weighted by molar-refractivity contribution is -0.104. The van der Waals surface area contributed by atoms with Gasteiger partial charge in [0.15, 0.2) is 15.7 Å². The monoisotopic (exact) mass is 822 g/mol. The molecule has 4 aromatic rings. The number of sulfone groups is 1. The summed E-state index contributed by atoms with van der Waals surface area (Å²) in [6.07, 6.45) is 4.82. The average molecular weight is 824 g/mol. The fraction of sp³-hybridized carbons (Fsp3) is 0.488. The minimum Gasteiger partial charge on any atom is -0.489 e. The number of hydrogen-bond acceptors (Lipinski definition) is 12. The van der Waals surface area contributed by atoms with E-state index in [1.54, 1.807) is 65.8 Å². The summed E-state index contributed by atoms with van der Waals surface area (Å²) in [4.78, 5) is 9.00. The Balaban J connectivity index is 0.000000281. The Morgan fingerprint density at radius 1 is 0.895 bits per heavy atom. The minimum atomic E-state index is -3.55. The minimum absolute atomic E-state index is 0.161. The zero-order valence-corrected chi connectivity index (χ0v) is 36.0. The van der Waals surface area contributed by atoms with Crippen LogP contribution in [0, 0.1) is 13.8 Å². The van der Waals surface area contributed by atoms with Crippen LogP contribution in [0.15, 0.2) is 59.6 Å². The molecule has 0 amide bonds. The van der Waals surface area contributed by atoms with Crippen molar-refractivity contribution in [3.63, 3.8) is 0 Å². The molecular formula is C43H60ClN7O5S. The molecular weight excluding hydrogens is 762 g/mol. The van der Waals surface area contributed by atoms with Crippen molar-refractivity contribution < 1.29 is 24.4 Å². The predicted molar refractivity (Wildman–Crippen MR) is 232 cm³/mol. The van der Waals surface area contributed by atoms with E-state index < -0.39 is 27.0 Å². The fourth-order valence-corrected chi connectivity index (χ4v) is 8.51. The molecule has 0 aliphatic carbocycles. The number of nitrogens with two attached hydrogens (primary N) is 1. The van der Waals surface area contributed by atoms with Gasteiger partial charge >= 0.3 is 0 Å². The lowest BCUT2D eigenvalue weighted by atomic mass is 9.87. The van der Waals surface area contributed by atoms with Crippen LogP contribution in [0.4, 0.5) is 28.8 Å². The third-order valence-electron chi connectivity index (χ3n) is 10.1. The van der Waals surface area contributed by atoms with Crippen LogP contribution >= 0.6 is 11.6 Å². The molecule has 2 saturated heterocycles. The second kappa shape index (κ2) is 19.1. The summed E-state index contributed by atoms with van der Waals surface area (Å²) in [5.74, 6) is 1.14. The maximum absolute atomic E-state index is 12.9. The number of nitrogens with zero attached hydrogens (tertiary/aromatic N) is 2. The Morgan fingerprint density at radius 2 is 1.46 bits per heavy atom. The number of anilines is 5. The number of nitrogen functional groups attached to an aromatic ring is 1. The summed E-state index contributed by atoms with van der Waals surface area (Å²) in [6.45, 7) is 18.1. The van der Waals surface area contributed by atoms with Crippen molar-refractivity contribution in [3.8, 4) is 11.5 Å². The number of aliphatic hydroxyl groups is 1. The zero-order chi connectivity index (χ0) is 42.4. The van der Waals surface area contributed by atoms with Gasteiger partial charge in [-0.15, -0.1) is 0 Å². The van der Waals surface area contributed by atoms with Crippen molar-refractivity contribution >= 4 is 50.3 Å². The van der Waals surface area contributed by atoms with E-state index in [9.17, 15) is 13.5 Å². The number of halogens is 1. The van der Waals surface area contributed by atoms with Crippen LogP contribution in [0.5, 0.6) is 11.5 Å². The Labute approximate surface area is 345 Å². The van der Waals surface area contributed by atoms with Crippen LogP contribution < -0.4 is 36.5 Å². The first-order valence-electron chi connectivity index (χ1n) is 20.2. The van der Waals surface area contributed by atoms with Crippen molar-refractivity contribution in [1.29, 1.82) is 0 Å². The topological polar surface area (TPSA) is 173 Å². The van der Waals surface area contributed by atoms with Crippen LogP contribution in [-0.2, 0) is 9.84 Å². The molecule has 0 unspecified atom stereocenters. The Kier molecular flexibility index (Phi) is 14.2. The predicted octanol–water partition coefficient (Wildman–Crippen LogP) is 8.51. The van der Waals surface area contributed by atoms with Crippen molar-refractivity contribution in [2.75, 3.05) is 42.5 Å². The molecule has 0 spiro atoms. The molecule has 0 bridgehead atoms. The first-order valence-corrected chi connectivity index (χ1v) is 21.6. The first kappa shape index (κ1) is 42.5. The van der Waals surface area contributed by atoms with Gasteiger partial charge in [0, 0.05) is 13.8 Å². The van der Waals surface area contributed by atoms with E-state index >= 15 is 0 Å². The van der Waals surface area contributed by atoms with Crippen molar-refractivity contribution in [2.24, 2.45) is 0 Å². The smallest absolute Gasteiger partial charge is 0.229 e. The van der Waals surface area contributed by atoms with Crippen LogP contribution in [0.25, 0.3) is 0 Å². The number of para-hydroxylation sites is 1. The molecule has 7 N–H and O–H groups in total. The molecule has 310 valence electrons. The molecule has 2 aliphatic heterocycles. The van der Waals surface area contributed by atoms with E-state index in [0.29, 0.717) is 40.4 Å². The Bertz CT molecular complexity index is 2150. The van der Waals surface area contributed by atoms with Crippen LogP contribution in [0.2, 0.25) is 5.02 Å². The molecule has 1 aromatic heterocycles. The number of hydrogen-bond donors (Lipinski definition) is 6. The average Bonchev–Trinajstić information content (AvgIpc) is 3.15. The van der Waals surface area contributed by atoms with Crippen LogP contribution in [0.3, 0.4) is 0 Å². The summed E-state index contributed by atoms with van der Waals surface area (Å²) in [5.41, 5.74) is 12.4. The normalized spacial score (nSPS) is 16.0. The van der Waals surface area contributed by atoms with E-state index in [-0.39, 0.29) is 21.7 Å². The molecule has 3 aromatic carbocycles. The number of aromatic nitrogens is 2. The van der Waals surface area contributed by atoms with Crippen molar-refractivity contribution in [3.05, 3.63) is 82.0 Å². The van der Waals surface area contributed by atoms with E-state index in [2.05, 4.69) is 45.1 Å². The SMILES string of the molecule is Cc1cc(Nc2ncc(Cl)c(Nc3ccccc3S(=O)(=O)C(C)C)n2)c(OC(C)(C)O)cc1C1CCNCC1.[2H]C(C)(C)Oc1cc(C2CCNCC2)c(C)cc1N. The number of nitrogens with one attached hydrogen (secondary N) is 4. The molecule has 6 rings (SSSR count). The molecule has 3 heterocycles. The van der Waals surface area contributed by atoms with E-state index in [0.717, 1.165) is 57.4 Å². The molecule has 0 atom stereocenters. The lowest BCUT2D eigenvalue weighted by Gasteiger charge is -2.28. The molecule has 14 heteroatoms. The van der Waals surface area contributed by atoms with Crippen LogP contribution in [-0.4, -0.2) is 66.8 Å². The summed E-state index contributed by atoms with van der Waals surface area (Å²) < 4.78 is 45.2. The van der Waals surface area contributed by atoms with Gasteiger partial charge < -0.3 is 41.6 Å². The summed E-state index contributed by atoms with van der Waals surface area (Å²) in [5, 5.41) is 23.1. The van der Waals surface area contributed by atoms with E-state index in [4.69, 9.17) is 28.2 Å². The maximum atomic E-state index is 12.9. The van der Waals surface area contributed by atoms with Crippen molar-refractivity contribution in [2.45, 2.75) is 115 Å². The molecule has 0 radical (unpaired) electrons. The number of ether oxygens (including phenoxy) is 2. The third kappa shape index (κ3) is 11.7. The summed E-state index contributed by atoms with van der Waals surface area (Å²) >= 11 is 6.40. The fourth-order valence-electron chi connectivity index (χ4n) is 7.17. The summed E-state index contributed by atoms with van der Waals surface area (Å²) in [7, 11) is -3.55. The quantitative estimate of drug-likeness (QED) is 0.0595. The molecule has 2 fully saturated rings. The van der Waals surface area contributed by atoms with Gasteiger partial charge in [0.05, 0.1) is 40.9 Å². The molecule has 0 saturated carbocycles. The lowest BCUT2D eigenvalue weighted by Crippen LogP contribution is -2.28. The third-order valence-corrected chi connectivity index (χ3v) is 12.5. The van der Waals surface area contributed by atoms with Gasteiger partial charge in [0.1, 0.15) is 16.5 Å². The number of piperidine rings is 2.